The van der Waals surface area contributed by atoms with Gasteiger partial charge in [-0.15, -0.1) is 16.8 Å². The lowest BCUT2D eigenvalue weighted by Gasteiger charge is -2.27. The molecule has 0 saturated heterocycles. The van der Waals surface area contributed by atoms with E-state index in [-0.39, 0.29) is 10.8 Å². The maximum atomic E-state index is 10.8. The van der Waals surface area contributed by atoms with E-state index in [0.29, 0.717) is 5.75 Å². The van der Waals surface area contributed by atoms with Crippen molar-refractivity contribution >= 4 is 23.1 Å². The summed E-state index contributed by atoms with van der Waals surface area (Å²) in [6.07, 6.45) is 1.86. The molecule has 130 valence electrons. The summed E-state index contributed by atoms with van der Waals surface area (Å²) in [6, 6.07) is 4.10. The Hall–Kier alpha value is -1.33. The quantitative estimate of drug-likeness (QED) is 0.553. The number of aromatic hydroxyl groups is 1. The molecule has 0 aliphatic heterocycles. The summed E-state index contributed by atoms with van der Waals surface area (Å²) >= 11 is 3.22. The monoisotopic (exact) mass is 362 g/mol. The Morgan fingerprint density at radius 1 is 1.08 bits per heavy atom. The van der Waals surface area contributed by atoms with Gasteiger partial charge in [0.15, 0.2) is 4.34 Å². The minimum Gasteiger partial charge on any atom is -0.507 e. The van der Waals surface area contributed by atoms with Gasteiger partial charge >= 0.3 is 0 Å². The molecule has 0 atom stereocenters. The molecule has 5 heteroatoms. The van der Waals surface area contributed by atoms with Gasteiger partial charge < -0.3 is 5.11 Å². The number of phenols is 1. The zero-order chi connectivity index (χ0) is 18.1. The van der Waals surface area contributed by atoms with Crippen molar-refractivity contribution in [2.45, 2.75) is 56.7 Å². The highest BCUT2D eigenvalue weighted by Gasteiger charge is 2.27. The second-order valence-electron chi connectivity index (χ2n) is 7.89. The average molecular weight is 363 g/mol. The maximum absolute atomic E-state index is 10.8. The van der Waals surface area contributed by atoms with Crippen molar-refractivity contribution in [2.24, 2.45) is 0 Å². The normalized spacial score (nSPS) is 12.4. The molecule has 1 heterocycles. The van der Waals surface area contributed by atoms with Crippen molar-refractivity contribution < 1.29 is 5.11 Å². The van der Waals surface area contributed by atoms with E-state index < -0.39 is 0 Å². The van der Waals surface area contributed by atoms with Gasteiger partial charge in [0.25, 0.3) is 0 Å². The summed E-state index contributed by atoms with van der Waals surface area (Å²) in [6.45, 7) is 16.4. The lowest BCUT2D eigenvalue weighted by atomic mass is 9.78. The number of aromatic nitrogens is 2. The Bertz CT molecular complexity index is 702. The first-order chi connectivity index (χ1) is 11.0. The van der Waals surface area contributed by atoms with Crippen LogP contribution in [0.1, 0.15) is 52.7 Å². The second-order valence-corrected chi connectivity index (χ2v) is 10.1. The van der Waals surface area contributed by atoms with E-state index in [0.717, 1.165) is 31.8 Å². The van der Waals surface area contributed by atoms with Crippen molar-refractivity contribution in [2.75, 3.05) is 5.75 Å². The van der Waals surface area contributed by atoms with Crippen LogP contribution in [0.5, 0.6) is 5.75 Å². The fraction of sp³-hybridized carbons (Fsp3) is 0.474. The van der Waals surface area contributed by atoms with Crippen LogP contribution < -0.4 is 0 Å². The molecule has 0 spiro atoms. The highest BCUT2D eigenvalue weighted by molar-refractivity contribution is 8.01. The Labute approximate surface area is 153 Å². The molecule has 2 rings (SSSR count). The molecule has 0 fully saturated rings. The van der Waals surface area contributed by atoms with Crippen molar-refractivity contribution in [3.05, 3.63) is 35.9 Å². The second kappa shape index (κ2) is 6.89. The topological polar surface area (TPSA) is 46.0 Å². The summed E-state index contributed by atoms with van der Waals surface area (Å²) in [5.74, 6) is 1.22. The summed E-state index contributed by atoms with van der Waals surface area (Å²) in [4.78, 5) is 0. The van der Waals surface area contributed by atoms with Crippen molar-refractivity contribution in [3.8, 4) is 16.3 Å². The molecule has 0 unspecified atom stereocenters. The van der Waals surface area contributed by atoms with E-state index in [1.807, 2.05) is 18.2 Å². The number of hydrogen-bond donors (Lipinski definition) is 1. The standard InChI is InChI=1S/C19H26N2OS2/c1-8-9-23-17-21-20-16(24-17)12-10-13(18(2,3)4)15(22)14(11-12)19(5,6)7/h8,10-11,22H,1,9H2,2-7H3. The molecule has 0 aliphatic rings. The Morgan fingerprint density at radius 3 is 2.08 bits per heavy atom. The van der Waals surface area contributed by atoms with E-state index in [4.69, 9.17) is 0 Å². The van der Waals surface area contributed by atoms with Gasteiger partial charge in [0, 0.05) is 22.4 Å². The number of hydrogen-bond acceptors (Lipinski definition) is 5. The lowest BCUT2D eigenvalue weighted by Crippen LogP contribution is -2.17. The van der Waals surface area contributed by atoms with E-state index in [1.165, 1.54) is 0 Å². The molecule has 1 N–H and O–H groups in total. The van der Waals surface area contributed by atoms with Crippen LogP contribution in [0.15, 0.2) is 29.1 Å². The molecular formula is C19H26N2OS2. The van der Waals surface area contributed by atoms with Crippen LogP contribution >= 0.6 is 23.1 Å². The van der Waals surface area contributed by atoms with Gasteiger partial charge in [-0.1, -0.05) is 70.7 Å². The SMILES string of the molecule is C=CCSc1nnc(-c2cc(C(C)(C)C)c(O)c(C(C)(C)C)c2)s1. The summed E-state index contributed by atoms with van der Waals surface area (Å²) in [5.41, 5.74) is 2.61. The molecule has 0 radical (unpaired) electrons. The highest BCUT2D eigenvalue weighted by Crippen LogP contribution is 2.42. The van der Waals surface area contributed by atoms with Crippen molar-refractivity contribution in [3.63, 3.8) is 0 Å². The number of benzene rings is 1. The van der Waals surface area contributed by atoms with Crippen molar-refractivity contribution in [1.29, 1.82) is 0 Å². The third-order valence-corrected chi connectivity index (χ3v) is 5.81. The van der Waals surface area contributed by atoms with Gasteiger partial charge in [0.1, 0.15) is 10.8 Å². The summed E-state index contributed by atoms with van der Waals surface area (Å²) < 4.78 is 0.938. The third-order valence-electron chi connectivity index (χ3n) is 3.70. The largest absolute Gasteiger partial charge is 0.507 e. The third kappa shape index (κ3) is 4.19. The Morgan fingerprint density at radius 2 is 1.62 bits per heavy atom. The van der Waals surface area contributed by atoms with Crippen LogP contribution in [0, 0.1) is 0 Å². The number of phenolic OH excluding ortho intramolecular Hbond substituents is 1. The number of thioether (sulfide) groups is 1. The van der Waals surface area contributed by atoms with Crippen LogP contribution in [-0.4, -0.2) is 21.1 Å². The van der Waals surface area contributed by atoms with Crippen LogP contribution in [0.2, 0.25) is 0 Å². The molecule has 3 nitrogen and oxygen atoms in total. The minimum atomic E-state index is -0.148. The smallest absolute Gasteiger partial charge is 0.174 e. The number of rotatable bonds is 4. The fourth-order valence-electron chi connectivity index (χ4n) is 2.42. The molecule has 1 aromatic carbocycles. The first kappa shape index (κ1) is 19.0. The Balaban J connectivity index is 2.58. The average Bonchev–Trinajstić information content (AvgIpc) is 2.91. The van der Waals surface area contributed by atoms with E-state index >= 15 is 0 Å². The van der Waals surface area contributed by atoms with Gasteiger partial charge in [0.2, 0.25) is 0 Å². The van der Waals surface area contributed by atoms with Crippen LogP contribution in [0.4, 0.5) is 0 Å². The molecule has 0 saturated carbocycles. The van der Waals surface area contributed by atoms with E-state index in [9.17, 15) is 5.11 Å². The lowest BCUT2D eigenvalue weighted by molar-refractivity contribution is 0.423. The van der Waals surface area contributed by atoms with Gasteiger partial charge in [0.05, 0.1) is 0 Å². The van der Waals surface area contributed by atoms with Gasteiger partial charge in [-0.05, 0) is 23.0 Å². The molecule has 0 amide bonds. The van der Waals surface area contributed by atoms with Crippen molar-refractivity contribution in [1.82, 2.24) is 10.2 Å². The van der Waals surface area contributed by atoms with Crippen LogP contribution in [0.3, 0.4) is 0 Å². The fourth-order valence-corrected chi connectivity index (χ4v) is 4.02. The molecule has 24 heavy (non-hydrogen) atoms. The first-order valence-corrected chi connectivity index (χ1v) is 9.80. The summed E-state index contributed by atoms with van der Waals surface area (Å²) in [7, 11) is 0. The molecule has 1 aromatic heterocycles. The van der Waals surface area contributed by atoms with Gasteiger partial charge in [-0.2, -0.15) is 0 Å². The predicted octanol–water partition coefficient (Wildman–Crippen LogP) is 5.78. The zero-order valence-corrected chi connectivity index (χ0v) is 16.9. The van der Waals surface area contributed by atoms with Crippen LogP contribution in [-0.2, 0) is 10.8 Å². The summed E-state index contributed by atoms with van der Waals surface area (Å²) in [5, 5.41) is 20.3. The van der Waals surface area contributed by atoms with E-state index in [1.54, 1.807) is 23.1 Å². The van der Waals surface area contributed by atoms with Gasteiger partial charge in [-0.25, -0.2) is 0 Å². The molecule has 0 aliphatic carbocycles. The van der Waals surface area contributed by atoms with Crippen LogP contribution in [0.25, 0.3) is 10.6 Å². The van der Waals surface area contributed by atoms with E-state index in [2.05, 4.69) is 58.3 Å². The zero-order valence-electron chi connectivity index (χ0n) is 15.3. The highest BCUT2D eigenvalue weighted by atomic mass is 32.2. The predicted molar refractivity (Wildman–Crippen MR) is 105 cm³/mol. The van der Waals surface area contributed by atoms with Gasteiger partial charge in [-0.3, -0.25) is 0 Å². The molecular weight excluding hydrogens is 336 g/mol. The Kier molecular flexibility index (Phi) is 5.45. The minimum absolute atomic E-state index is 0.148. The first-order valence-electron chi connectivity index (χ1n) is 7.99. The number of nitrogens with zero attached hydrogens (tertiary/aromatic N) is 2. The molecule has 0 bridgehead atoms. The molecule has 2 aromatic rings. The maximum Gasteiger partial charge on any atom is 0.174 e.